The van der Waals surface area contributed by atoms with Crippen LogP contribution in [0.3, 0.4) is 0 Å². The monoisotopic (exact) mass is 433 g/mol. The summed E-state index contributed by atoms with van der Waals surface area (Å²) < 4.78 is 5.46. The Morgan fingerprint density at radius 2 is 2.19 bits per heavy atom. The summed E-state index contributed by atoms with van der Waals surface area (Å²) in [6.07, 6.45) is 4.92. The summed E-state index contributed by atoms with van der Waals surface area (Å²) in [5.41, 5.74) is 7.10. The van der Waals surface area contributed by atoms with Crippen LogP contribution in [0.2, 0.25) is 0 Å². The molecule has 0 radical (unpaired) electrons. The molecule has 10 heteroatoms. The first-order valence-corrected chi connectivity index (χ1v) is 10.6. The highest BCUT2D eigenvalue weighted by atomic mass is 16.4. The van der Waals surface area contributed by atoms with Gasteiger partial charge in [0.2, 0.25) is 17.6 Å². The van der Waals surface area contributed by atoms with Crippen LogP contribution in [0.5, 0.6) is 0 Å². The van der Waals surface area contributed by atoms with Crippen molar-refractivity contribution >= 4 is 29.3 Å². The zero-order valence-corrected chi connectivity index (χ0v) is 17.6. The highest BCUT2D eigenvalue weighted by molar-refractivity contribution is 6.10. The molecule has 0 spiro atoms. The van der Waals surface area contributed by atoms with E-state index >= 15 is 0 Å². The van der Waals surface area contributed by atoms with E-state index in [1.165, 1.54) is 6.20 Å². The Morgan fingerprint density at radius 3 is 2.97 bits per heavy atom. The molecule has 4 heterocycles. The van der Waals surface area contributed by atoms with Crippen molar-refractivity contribution in [3.8, 4) is 11.5 Å². The molecule has 2 aromatic heterocycles. The SMILES string of the molecule is CCNc1ncc2c(n1)N1CCC[C@H]1CN(c1cccc(-c3ncc(C(N)=O)o3)c1)C2=O. The third-order valence-corrected chi connectivity index (χ3v) is 5.77. The molecule has 0 bridgehead atoms. The third kappa shape index (κ3) is 3.43. The standard InChI is InChI=1S/C22H23N7O3/c1-2-24-22-26-10-16-19(27-22)28-8-4-7-15(28)12-29(21(16)31)14-6-3-5-13(9-14)20-25-11-17(32-20)18(23)30/h3,5-6,9-11,15H,2,4,7-8,12H2,1H3,(H2,23,30)(H,24,26,27)/t15-/m0/s1. The summed E-state index contributed by atoms with van der Waals surface area (Å²) in [6.45, 7) is 4.07. The van der Waals surface area contributed by atoms with E-state index in [0.29, 0.717) is 41.7 Å². The summed E-state index contributed by atoms with van der Waals surface area (Å²) in [5.74, 6) is 0.623. The molecule has 0 aliphatic carbocycles. The Morgan fingerprint density at radius 1 is 1.31 bits per heavy atom. The van der Waals surface area contributed by atoms with Gasteiger partial charge in [0, 0.05) is 43.1 Å². The number of aromatic nitrogens is 3. The number of rotatable bonds is 5. The second kappa shape index (κ2) is 7.95. The van der Waals surface area contributed by atoms with E-state index in [2.05, 4.69) is 25.2 Å². The number of carbonyl (C=O) groups is 2. The largest absolute Gasteiger partial charge is 0.431 e. The van der Waals surface area contributed by atoms with Crippen LogP contribution in [-0.2, 0) is 0 Å². The Bertz CT molecular complexity index is 1190. The number of fused-ring (bicyclic) bond motifs is 3. The van der Waals surface area contributed by atoms with E-state index < -0.39 is 5.91 Å². The second-order valence-electron chi connectivity index (χ2n) is 7.81. The summed E-state index contributed by atoms with van der Waals surface area (Å²) in [4.78, 5) is 42.0. The normalized spacial score (nSPS) is 17.7. The van der Waals surface area contributed by atoms with Crippen LogP contribution in [0, 0.1) is 0 Å². The zero-order chi connectivity index (χ0) is 22.2. The Labute approximate surface area is 184 Å². The quantitative estimate of drug-likeness (QED) is 0.627. The van der Waals surface area contributed by atoms with E-state index in [9.17, 15) is 9.59 Å². The van der Waals surface area contributed by atoms with Crippen LogP contribution in [0.4, 0.5) is 17.5 Å². The van der Waals surface area contributed by atoms with Crippen LogP contribution in [0.15, 0.2) is 41.1 Å². The van der Waals surface area contributed by atoms with E-state index in [0.717, 1.165) is 19.4 Å². The molecule has 2 aliphatic heterocycles. The molecule has 1 atom stereocenters. The molecule has 5 rings (SSSR count). The van der Waals surface area contributed by atoms with Gasteiger partial charge in [-0.05, 0) is 38.0 Å². The van der Waals surface area contributed by atoms with Gasteiger partial charge in [-0.25, -0.2) is 9.97 Å². The summed E-state index contributed by atoms with van der Waals surface area (Å²) in [5, 5.41) is 3.13. The first kappa shape index (κ1) is 20.0. The van der Waals surface area contributed by atoms with Crippen molar-refractivity contribution < 1.29 is 14.0 Å². The van der Waals surface area contributed by atoms with Crippen LogP contribution in [0.1, 0.15) is 40.7 Å². The third-order valence-electron chi connectivity index (χ3n) is 5.77. The summed E-state index contributed by atoms with van der Waals surface area (Å²) in [7, 11) is 0. The minimum absolute atomic E-state index is 0.0135. The van der Waals surface area contributed by atoms with Gasteiger partial charge < -0.3 is 25.3 Å². The van der Waals surface area contributed by atoms with Gasteiger partial charge in [-0.3, -0.25) is 9.59 Å². The van der Waals surface area contributed by atoms with Crippen molar-refractivity contribution in [2.45, 2.75) is 25.8 Å². The summed E-state index contributed by atoms with van der Waals surface area (Å²) in [6, 6.07) is 7.50. The van der Waals surface area contributed by atoms with Crippen LogP contribution < -0.4 is 20.9 Å². The van der Waals surface area contributed by atoms with Crippen molar-refractivity contribution in [3.05, 3.63) is 48.0 Å². The number of hydrogen-bond acceptors (Lipinski definition) is 8. The fourth-order valence-electron chi connectivity index (χ4n) is 4.28. The highest BCUT2D eigenvalue weighted by Gasteiger charge is 2.37. The Kier molecular flexibility index (Phi) is 4.96. The van der Waals surface area contributed by atoms with Gasteiger partial charge >= 0.3 is 0 Å². The fourth-order valence-corrected chi connectivity index (χ4v) is 4.28. The maximum atomic E-state index is 13.6. The molecular weight excluding hydrogens is 410 g/mol. The molecule has 0 unspecified atom stereocenters. The first-order chi connectivity index (χ1) is 15.5. The molecule has 10 nitrogen and oxygen atoms in total. The molecule has 1 aromatic carbocycles. The van der Waals surface area contributed by atoms with Gasteiger partial charge in [-0.2, -0.15) is 4.98 Å². The number of nitrogens with zero attached hydrogens (tertiary/aromatic N) is 5. The predicted molar refractivity (Wildman–Crippen MR) is 119 cm³/mol. The van der Waals surface area contributed by atoms with E-state index in [-0.39, 0.29) is 23.6 Å². The topological polar surface area (TPSA) is 130 Å². The zero-order valence-electron chi connectivity index (χ0n) is 17.6. The van der Waals surface area contributed by atoms with Gasteiger partial charge in [0.25, 0.3) is 11.8 Å². The number of amides is 2. The minimum atomic E-state index is -0.683. The lowest BCUT2D eigenvalue weighted by atomic mass is 10.1. The maximum Gasteiger partial charge on any atom is 0.286 e. The van der Waals surface area contributed by atoms with Crippen LogP contribution >= 0.6 is 0 Å². The van der Waals surface area contributed by atoms with Gasteiger partial charge in [0.15, 0.2) is 0 Å². The van der Waals surface area contributed by atoms with Crippen molar-refractivity contribution in [2.24, 2.45) is 5.73 Å². The number of carbonyl (C=O) groups excluding carboxylic acids is 2. The van der Waals surface area contributed by atoms with Crippen molar-refractivity contribution in [1.29, 1.82) is 0 Å². The van der Waals surface area contributed by atoms with Crippen molar-refractivity contribution in [1.82, 2.24) is 15.0 Å². The van der Waals surface area contributed by atoms with Crippen molar-refractivity contribution in [2.75, 3.05) is 34.8 Å². The number of anilines is 3. The Hall–Kier alpha value is -3.95. The van der Waals surface area contributed by atoms with Gasteiger partial charge in [-0.15, -0.1) is 0 Å². The number of nitrogens with two attached hydrogens (primary N) is 1. The average Bonchev–Trinajstić information content (AvgIpc) is 3.45. The number of nitrogens with one attached hydrogen (secondary N) is 1. The number of hydrogen-bond donors (Lipinski definition) is 2. The van der Waals surface area contributed by atoms with Gasteiger partial charge in [0.1, 0.15) is 11.4 Å². The molecule has 2 aliphatic rings. The van der Waals surface area contributed by atoms with Crippen molar-refractivity contribution in [3.63, 3.8) is 0 Å². The smallest absolute Gasteiger partial charge is 0.286 e. The molecule has 0 saturated carbocycles. The molecule has 3 N–H and O–H groups in total. The minimum Gasteiger partial charge on any atom is -0.431 e. The molecule has 164 valence electrons. The lowest BCUT2D eigenvalue weighted by molar-refractivity contribution is 0.0971. The highest BCUT2D eigenvalue weighted by Crippen LogP contribution is 2.35. The number of primary amides is 1. The number of oxazole rings is 1. The molecule has 32 heavy (non-hydrogen) atoms. The maximum absolute atomic E-state index is 13.6. The van der Waals surface area contributed by atoms with Gasteiger partial charge in [0.05, 0.1) is 6.20 Å². The molecule has 3 aromatic rings. The molecule has 1 fully saturated rings. The van der Waals surface area contributed by atoms with Crippen LogP contribution in [0.25, 0.3) is 11.5 Å². The summed E-state index contributed by atoms with van der Waals surface area (Å²) >= 11 is 0. The van der Waals surface area contributed by atoms with Gasteiger partial charge in [-0.1, -0.05) is 6.07 Å². The molecule has 1 saturated heterocycles. The fraction of sp³-hybridized carbons (Fsp3) is 0.318. The molecule has 2 amide bonds. The lowest BCUT2D eigenvalue weighted by Gasteiger charge is -2.27. The van der Waals surface area contributed by atoms with Crippen LogP contribution in [-0.4, -0.2) is 52.4 Å². The Balaban J connectivity index is 1.54. The first-order valence-electron chi connectivity index (χ1n) is 10.6. The number of benzene rings is 1. The van der Waals surface area contributed by atoms with E-state index in [4.69, 9.17) is 10.2 Å². The molecular formula is C22H23N7O3. The van der Waals surface area contributed by atoms with E-state index in [1.807, 2.05) is 31.2 Å². The predicted octanol–water partition coefficient (Wildman–Crippen LogP) is 2.29. The second-order valence-corrected chi connectivity index (χ2v) is 7.81. The average molecular weight is 433 g/mol. The lowest BCUT2D eigenvalue weighted by Crippen LogP contribution is -2.39. The van der Waals surface area contributed by atoms with E-state index in [1.54, 1.807) is 11.1 Å².